The smallest absolute Gasteiger partial charge is 0.0632 e. The molecule has 2 nitrogen and oxygen atoms in total. The Morgan fingerprint density at radius 1 is 1.44 bits per heavy atom. The normalized spacial score (nSPS) is 18.7. The number of fused-ring (bicyclic) bond motifs is 1. The highest BCUT2D eigenvalue weighted by Gasteiger charge is 2.22. The van der Waals surface area contributed by atoms with Crippen molar-refractivity contribution in [1.29, 1.82) is 0 Å². The lowest BCUT2D eigenvalue weighted by Crippen LogP contribution is -2.12. The molecule has 0 saturated carbocycles. The van der Waals surface area contributed by atoms with Crippen molar-refractivity contribution < 1.29 is 0 Å². The average Bonchev–Trinajstić information content (AvgIpc) is 2.84. The molecule has 1 aliphatic heterocycles. The first kappa shape index (κ1) is 10.4. The van der Waals surface area contributed by atoms with Gasteiger partial charge < -0.3 is 0 Å². The summed E-state index contributed by atoms with van der Waals surface area (Å²) in [7, 11) is 0. The van der Waals surface area contributed by atoms with Crippen molar-refractivity contribution in [3.8, 4) is 0 Å². The van der Waals surface area contributed by atoms with E-state index in [1.54, 1.807) is 0 Å². The van der Waals surface area contributed by atoms with Crippen LogP contribution in [0.5, 0.6) is 0 Å². The van der Waals surface area contributed by atoms with Gasteiger partial charge in [-0.2, -0.15) is 5.10 Å². The van der Waals surface area contributed by atoms with Crippen LogP contribution in [-0.4, -0.2) is 15.0 Å². The number of halogens is 1. The van der Waals surface area contributed by atoms with Crippen LogP contribution in [0, 0.1) is 0 Å². The van der Waals surface area contributed by atoms with Gasteiger partial charge in [0.05, 0.1) is 17.2 Å². The minimum absolute atomic E-state index is 0.615. The second kappa shape index (κ2) is 4.26. The molecule has 1 atom stereocenters. The maximum absolute atomic E-state index is 4.30. The molecule has 82 valence electrons. The first-order chi connectivity index (χ1) is 7.81. The van der Waals surface area contributed by atoms with Crippen LogP contribution < -0.4 is 0 Å². The molecule has 0 fully saturated rings. The van der Waals surface area contributed by atoms with Crippen molar-refractivity contribution >= 4 is 27.7 Å². The largest absolute Gasteiger partial charge is 0.270 e. The Morgan fingerprint density at radius 3 is 3.06 bits per heavy atom. The molecule has 0 spiro atoms. The minimum atomic E-state index is 0.615. The Hall–Kier alpha value is -0.740. The Kier molecular flexibility index (Phi) is 2.77. The van der Waals surface area contributed by atoms with Crippen LogP contribution in [0.15, 0.2) is 46.0 Å². The van der Waals surface area contributed by atoms with Gasteiger partial charge in [0.2, 0.25) is 0 Å². The molecule has 2 aromatic rings. The van der Waals surface area contributed by atoms with Crippen LogP contribution in [0.1, 0.15) is 5.56 Å². The Balaban J connectivity index is 1.72. The summed E-state index contributed by atoms with van der Waals surface area (Å²) in [5.41, 5.74) is 1.48. The van der Waals surface area contributed by atoms with E-state index in [4.69, 9.17) is 0 Å². The van der Waals surface area contributed by atoms with E-state index in [0.29, 0.717) is 5.25 Å². The third kappa shape index (κ3) is 2.04. The fraction of sp³-hybridized carbons (Fsp3) is 0.250. The summed E-state index contributed by atoms with van der Waals surface area (Å²) in [6.07, 6.45) is 5.02. The molecule has 3 rings (SSSR count). The molecule has 1 aromatic heterocycles. The lowest BCUT2D eigenvalue weighted by Gasteiger charge is -2.07. The van der Waals surface area contributed by atoms with Crippen molar-refractivity contribution in [3.05, 3.63) is 46.7 Å². The van der Waals surface area contributed by atoms with E-state index in [-0.39, 0.29) is 0 Å². The molecule has 0 N–H and O–H groups in total. The lowest BCUT2D eigenvalue weighted by molar-refractivity contribution is 0.594. The van der Waals surface area contributed by atoms with E-state index in [2.05, 4.69) is 45.3 Å². The Morgan fingerprint density at radius 2 is 2.31 bits per heavy atom. The van der Waals surface area contributed by atoms with Gasteiger partial charge in [0.1, 0.15) is 0 Å². The van der Waals surface area contributed by atoms with Gasteiger partial charge in [-0.15, -0.1) is 11.8 Å². The van der Waals surface area contributed by atoms with Gasteiger partial charge in [-0.3, -0.25) is 4.68 Å². The quantitative estimate of drug-likeness (QED) is 0.845. The van der Waals surface area contributed by atoms with E-state index in [0.717, 1.165) is 17.4 Å². The zero-order valence-electron chi connectivity index (χ0n) is 8.64. The minimum Gasteiger partial charge on any atom is -0.270 e. The molecule has 4 heteroatoms. The van der Waals surface area contributed by atoms with Crippen molar-refractivity contribution in [2.24, 2.45) is 0 Å². The van der Waals surface area contributed by atoms with Crippen LogP contribution in [0.25, 0.3) is 0 Å². The van der Waals surface area contributed by atoms with Crippen molar-refractivity contribution in [2.75, 3.05) is 0 Å². The van der Waals surface area contributed by atoms with Crippen LogP contribution in [-0.2, 0) is 13.0 Å². The molecule has 16 heavy (non-hydrogen) atoms. The summed E-state index contributed by atoms with van der Waals surface area (Å²) in [5, 5.41) is 4.91. The van der Waals surface area contributed by atoms with Crippen LogP contribution in [0.2, 0.25) is 0 Å². The SMILES string of the molecule is Brc1cnn(CC2Cc3ccccc3S2)c1. The third-order valence-corrected chi connectivity index (χ3v) is 4.42. The van der Waals surface area contributed by atoms with Crippen molar-refractivity contribution in [2.45, 2.75) is 23.1 Å². The first-order valence-electron chi connectivity index (χ1n) is 5.24. The number of rotatable bonds is 2. The maximum atomic E-state index is 4.30. The molecule has 0 saturated heterocycles. The van der Waals surface area contributed by atoms with E-state index in [9.17, 15) is 0 Å². The van der Waals surface area contributed by atoms with Crippen LogP contribution in [0.3, 0.4) is 0 Å². The number of hydrogen-bond acceptors (Lipinski definition) is 2. The predicted molar refractivity (Wildman–Crippen MR) is 69.7 cm³/mol. The van der Waals surface area contributed by atoms with Gasteiger partial charge in [0.25, 0.3) is 0 Å². The third-order valence-electron chi connectivity index (χ3n) is 2.71. The molecule has 0 bridgehead atoms. The summed E-state index contributed by atoms with van der Waals surface area (Å²) >= 11 is 5.38. The highest BCUT2D eigenvalue weighted by molar-refractivity contribution is 9.10. The van der Waals surface area contributed by atoms with Crippen molar-refractivity contribution in [3.63, 3.8) is 0 Å². The molecule has 1 aromatic carbocycles. The van der Waals surface area contributed by atoms with E-state index < -0.39 is 0 Å². The number of aromatic nitrogens is 2. The average molecular weight is 295 g/mol. The van der Waals surface area contributed by atoms with Gasteiger partial charge in [0.15, 0.2) is 0 Å². The maximum Gasteiger partial charge on any atom is 0.0632 e. The molecule has 2 heterocycles. The van der Waals surface area contributed by atoms with Gasteiger partial charge in [-0.05, 0) is 34.0 Å². The first-order valence-corrected chi connectivity index (χ1v) is 6.91. The van der Waals surface area contributed by atoms with E-state index in [1.807, 2.05) is 28.8 Å². The molecular weight excluding hydrogens is 284 g/mol. The fourth-order valence-electron chi connectivity index (χ4n) is 2.00. The second-order valence-corrected chi connectivity index (χ2v) is 6.19. The highest BCUT2D eigenvalue weighted by Crippen LogP contribution is 2.37. The van der Waals surface area contributed by atoms with Crippen molar-refractivity contribution in [1.82, 2.24) is 9.78 Å². The number of thioether (sulfide) groups is 1. The van der Waals surface area contributed by atoms with E-state index >= 15 is 0 Å². The topological polar surface area (TPSA) is 17.8 Å². The summed E-state index contributed by atoms with van der Waals surface area (Å²) in [5.74, 6) is 0. The number of benzene rings is 1. The van der Waals surface area contributed by atoms with E-state index in [1.165, 1.54) is 10.5 Å². The molecule has 0 radical (unpaired) electrons. The Bertz CT molecular complexity index is 484. The molecule has 1 aliphatic rings. The zero-order valence-corrected chi connectivity index (χ0v) is 11.0. The van der Waals surface area contributed by atoms with Gasteiger partial charge in [-0.1, -0.05) is 18.2 Å². The van der Waals surface area contributed by atoms with Crippen LogP contribution in [0.4, 0.5) is 0 Å². The standard InChI is InChI=1S/C12H11BrN2S/c13-10-6-14-15(7-10)8-11-5-9-3-1-2-4-12(9)16-11/h1-4,6-7,11H,5,8H2. The molecular formula is C12H11BrN2S. The number of hydrogen-bond donors (Lipinski definition) is 0. The van der Waals surface area contributed by atoms with Crippen LogP contribution >= 0.6 is 27.7 Å². The summed E-state index contributed by atoms with van der Waals surface area (Å²) in [4.78, 5) is 1.43. The molecule has 0 amide bonds. The summed E-state index contributed by atoms with van der Waals surface area (Å²) < 4.78 is 3.06. The fourth-order valence-corrected chi connectivity index (χ4v) is 3.64. The number of nitrogens with zero attached hydrogens (tertiary/aromatic N) is 2. The monoisotopic (exact) mass is 294 g/mol. The Labute approximate surface area is 107 Å². The van der Waals surface area contributed by atoms with Gasteiger partial charge >= 0.3 is 0 Å². The zero-order chi connectivity index (χ0) is 11.0. The lowest BCUT2D eigenvalue weighted by atomic mass is 10.1. The van der Waals surface area contributed by atoms with Gasteiger partial charge in [-0.25, -0.2) is 0 Å². The highest BCUT2D eigenvalue weighted by atomic mass is 79.9. The summed E-state index contributed by atoms with van der Waals surface area (Å²) in [6, 6.07) is 8.66. The summed E-state index contributed by atoms with van der Waals surface area (Å²) in [6.45, 7) is 0.977. The molecule has 1 unspecified atom stereocenters. The van der Waals surface area contributed by atoms with Gasteiger partial charge in [0, 0.05) is 16.3 Å². The second-order valence-electron chi connectivity index (χ2n) is 3.93. The molecule has 0 aliphatic carbocycles. The predicted octanol–water partition coefficient (Wildman–Crippen LogP) is 3.36.